The van der Waals surface area contributed by atoms with Gasteiger partial charge in [-0.05, 0) is 42.5 Å². The van der Waals surface area contributed by atoms with Crippen molar-refractivity contribution in [2.24, 2.45) is 0 Å². The van der Waals surface area contributed by atoms with Crippen molar-refractivity contribution in [3.05, 3.63) is 89.6 Å². The highest BCUT2D eigenvalue weighted by molar-refractivity contribution is 8.27. The van der Waals surface area contributed by atoms with E-state index in [2.05, 4.69) is 4.57 Å². The predicted molar refractivity (Wildman–Crippen MR) is 108 cm³/mol. The Morgan fingerprint density at radius 2 is 1.48 bits per heavy atom. The van der Waals surface area contributed by atoms with Crippen LogP contribution >= 0.6 is 24.0 Å². The standard InChI is InChI=1S/C20H14N2OS2/c23-19-18(25-20(24)22(19)16-10-5-2-6-11-16)14-17-12-7-13-21(17)15-8-3-1-4-9-15/h1-14H/b18-14+. The van der Waals surface area contributed by atoms with E-state index in [1.165, 1.54) is 11.8 Å². The molecule has 0 N–H and O–H groups in total. The summed E-state index contributed by atoms with van der Waals surface area (Å²) in [4.78, 5) is 15.0. The van der Waals surface area contributed by atoms with Crippen LogP contribution in [0.2, 0.25) is 0 Å². The van der Waals surface area contributed by atoms with Crippen molar-refractivity contribution in [1.29, 1.82) is 0 Å². The van der Waals surface area contributed by atoms with E-state index in [1.807, 2.05) is 85.1 Å². The Morgan fingerprint density at radius 3 is 2.16 bits per heavy atom. The summed E-state index contributed by atoms with van der Waals surface area (Å²) in [6.45, 7) is 0. The Kier molecular flexibility index (Phi) is 4.26. The highest BCUT2D eigenvalue weighted by Crippen LogP contribution is 2.36. The maximum atomic E-state index is 12.8. The Hall–Kier alpha value is -2.63. The Bertz CT molecular complexity index is 962. The van der Waals surface area contributed by atoms with Crippen LogP contribution in [0.3, 0.4) is 0 Å². The van der Waals surface area contributed by atoms with Crippen molar-refractivity contribution in [2.45, 2.75) is 0 Å². The molecule has 3 aromatic rings. The van der Waals surface area contributed by atoms with Crippen molar-refractivity contribution in [3.8, 4) is 5.69 Å². The van der Waals surface area contributed by atoms with Gasteiger partial charge in [-0.15, -0.1) is 0 Å². The van der Waals surface area contributed by atoms with Gasteiger partial charge in [0, 0.05) is 17.6 Å². The van der Waals surface area contributed by atoms with Gasteiger partial charge in [-0.25, -0.2) is 0 Å². The number of anilines is 1. The zero-order valence-corrected chi connectivity index (χ0v) is 14.8. The molecule has 1 saturated heterocycles. The molecular weight excluding hydrogens is 348 g/mol. The third-order valence-corrected chi connectivity index (χ3v) is 5.20. The first-order valence-electron chi connectivity index (χ1n) is 7.80. The minimum absolute atomic E-state index is 0.0815. The van der Waals surface area contributed by atoms with Gasteiger partial charge in [0.15, 0.2) is 4.32 Å². The number of amides is 1. The second-order valence-electron chi connectivity index (χ2n) is 5.49. The van der Waals surface area contributed by atoms with Crippen molar-refractivity contribution in [1.82, 2.24) is 4.57 Å². The van der Waals surface area contributed by atoms with Gasteiger partial charge in [0.2, 0.25) is 0 Å². The molecular formula is C20H14N2OS2. The number of carbonyl (C=O) groups is 1. The zero-order valence-electron chi connectivity index (χ0n) is 13.2. The smallest absolute Gasteiger partial charge is 0.270 e. The quantitative estimate of drug-likeness (QED) is 0.490. The predicted octanol–water partition coefficient (Wildman–Crippen LogP) is 4.88. The SMILES string of the molecule is O=C1/C(=C\c2cccn2-c2ccccc2)SC(=S)N1c1ccccc1. The second-order valence-corrected chi connectivity index (χ2v) is 7.17. The van der Waals surface area contributed by atoms with E-state index >= 15 is 0 Å². The molecule has 0 unspecified atom stereocenters. The van der Waals surface area contributed by atoms with Crippen molar-refractivity contribution in [2.75, 3.05) is 4.90 Å². The molecule has 5 heteroatoms. The molecule has 25 heavy (non-hydrogen) atoms. The lowest BCUT2D eigenvalue weighted by molar-refractivity contribution is -0.113. The summed E-state index contributed by atoms with van der Waals surface area (Å²) in [5.74, 6) is -0.0815. The number of para-hydroxylation sites is 2. The molecule has 1 aliphatic heterocycles. The van der Waals surface area contributed by atoms with Crippen LogP contribution in [0.5, 0.6) is 0 Å². The molecule has 2 heterocycles. The first kappa shape index (κ1) is 15.9. The molecule has 2 aromatic carbocycles. The largest absolute Gasteiger partial charge is 0.317 e. The lowest BCUT2D eigenvalue weighted by atomic mass is 10.2. The number of hydrogen-bond donors (Lipinski definition) is 0. The number of carbonyl (C=O) groups excluding carboxylic acids is 1. The molecule has 1 aliphatic rings. The lowest BCUT2D eigenvalue weighted by Gasteiger charge is -2.13. The minimum atomic E-state index is -0.0815. The van der Waals surface area contributed by atoms with Gasteiger partial charge in [0.05, 0.1) is 10.6 Å². The number of thiocarbonyl (C=S) groups is 1. The van der Waals surface area contributed by atoms with Gasteiger partial charge < -0.3 is 4.57 Å². The fraction of sp³-hybridized carbons (Fsp3) is 0. The van der Waals surface area contributed by atoms with E-state index in [0.29, 0.717) is 9.23 Å². The van der Waals surface area contributed by atoms with Crippen LogP contribution in [-0.4, -0.2) is 14.8 Å². The summed E-state index contributed by atoms with van der Waals surface area (Å²) in [7, 11) is 0. The summed E-state index contributed by atoms with van der Waals surface area (Å²) in [5.41, 5.74) is 2.80. The number of hydrogen-bond acceptors (Lipinski definition) is 3. The molecule has 1 aromatic heterocycles. The van der Waals surface area contributed by atoms with Crippen LogP contribution in [0, 0.1) is 0 Å². The normalized spacial score (nSPS) is 16.0. The molecule has 3 nitrogen and oxygen atoms in total. The molecule has 4 rings (SSSR count). The third kappa shape index (κ3) is 3.04. The van der Waals surface area contributed by atoms with Crippen LogP contribution < -0.4 is 4.90 Å². The van der Waals surface area contributed by atoms with Gasteiger partial charge in [-0.1, -0.05) is 60.4 Å². The summed E-state index contributed by atoms with van der Waals surface area (Å²) in [6.07, 6.45) is 3.88. The van der Waals surface area contributed by atoms with Crippen molar-refractivity contribution in [3.63, 3.8) is 0 Å². The topological polar surface area (TPSA) is 25.2 Å². The third-order valence-electron chi connectivity index (χ3n) is 3.90. The van der Waals surface area contributed by atoms with E-state index < -0.39 is 0 Å². The Balaban J connectivity index is 1.69. The molecule has 0 bridgehead atoms. The number of thioether (sulfide) groups is 1. The van der Waals surface area contributed by atoms with Crippen molar-refractivity contribution < 1.29 is 4.79 Å². The Morgan fingerprint density at radius 1 is 0.840 bits per heavy atom. The minimum Gasteiger partial charge on any atom is -0.317 e. The van der Waals surface area contributed by atoms with Gasteiger partial charge in [0.1, 0.15) is 0 Å². The first-order valence-corrected chi connectivity index (χ1v) is 9.02. The van der Waals surface area contributed by atoms with Crippen LogP contribution in [0.25, 0.3) is 11.8 Å². The Labute approximate surface area is 155 Å². The summed E-state index contributed by atoms with van der Waals surface area (Å²) in [5, 5.41) is 0. The molecule has 1 amide bonds. The van der Waals surface area contributed by atoms with Crippen molar-refractivity contribution >= 4 is 46.0 Å². The maximum Gasteiger partial charge on any atom is 0.270 e. The average Bonchev–Trinajstić information content (AvgIpc) is 3.21. The van der Waals surface area contributed by atoms with E-state index in [4.69, 9.17) is 12.2 Å². The number of aromatic nitrogens is 1. The van der Waals surface area contributed by atoms with Crippen LogP contribution in [0.15, 0.2) is 83.9 Å². The molecule has 0 saturated carbocycles. The van der Waals surface area contributed by atoms with Gasteiger partial charge in [0.25, 0.3) is 5.91 Å². The molecule has 0 aliphatic carbocycles. The highest BCUT2D eigenvalue weighted by Gasteiger charge is 2.33. The molecule has 0 radical (unpaired) electrons. The van der Waals surface area contributed by atoms with Gasteiger partial charge >= 0.3 is 0 Å². The number of benzene rings is 2. The molecule has 1 fully saturated rings. The van der Waals surface area contributed by atoms with E-state index in [9.17, 15) is 4.79 Å². The van der Waals surface area contributed by atoms with E-state index in [1.54, 1.807) is 4.90 Å². The van der Waals surface area contributed by atoms with Crippen LogP contribution in [-0.2, 0) is 4.79 Å². The number of nitrogens with zero attached hydrogens (tertiary/aromatic N) is 2. The van der Waals surface area contributed by atoms with E-state index in [0.717, 1.165) is 17.1 Å². The average molecular weight is 362 g/mol. The van der Waals surface area contributed by atoms with Gasteiger partial charge in [-0.3, -0.25) is 9.69 Å². The summed E-state index contributed by atoms with van der Waals surface area (Å²) in [6, 6.07) is 23.5. The lowest BCUT2D eigenvalue weighted by Crippen LogP contribution is -2.27. The molecule has 122 valence electrons. The van der Waals surface area contributed by atoms with Gasteiger partial charge in [-0.2, -0.15) is 0 Å². The fourth-order valence-electron chi connectivity index (χ4n) is 2.74. The monoisotopic (exact) mass is 362 g/mol. The maximum absolute atomic E-state index is 12.8. The molecule has 0 atom stereocenters. The molecule has 0 spiro atoms. The van der Waals surface area contributed by atoms with E-state index in [-0.39, 0.29) is 5.91 Å². The second kappa shape index (κ2) is 6.70. The fourth-order valence-corrected chi connectivity index (χ4v) is 4.02. The summed E-state index contributed by atoms with van der Waals surface area (Å²) < 4.78 is 2.61. The number of rotatable bonds is 3. The first-order chi connectivity index (χ1) is 12.2. The zero-order chi connectivity index (χ0) is 17.2. The highest BCUT2D eigenvalue weighted by atomic mass is 32.2. The van der Waals surface area contributed by atoms with Crippen LogP contribution in [0.4, 0.5) is 5.69 Å². The summed E-state index contributed by atoms with van der Waals surface area (Å²) >= 11 is 6.75. The van der Waals surface area contributed by atoms with Crippen LogP contribution in [0.1, 0.15) is 5.69 Å².